The number of fused-ring (bicyclic) bond motifs is 2. The van der Waals surface area contributed by atoms with Crippen molar-refractivity contribution >= 4 is 23.3 Å². The van der Waals surface area contributed by atoms with Gasteiger partial charge in [0.05, 0.1) is 30.3 Å². The summed E-state index contributed by atoms with van der Waals surface area (Å²) in [6.07, 6.45) is -0.785. The summed E-state index contributed by atoms with van der Waals surface area (Å²) < 4.78 is 64.9. The summed E-state index contributed by atoms with van der Waals surface area (Å²) >= 11 is 0. The van der Waals surface area contributed by atoms with Crippen molar-refractivity contribution in [2.24, 2.45) is 0 Å². The molecule has 1 saturated carbocycles. The number of halogens is 5. The lowest BCUT2D eigenvalue weighted by atomic mass is 9.62. The van der Waals surface area contributed by atoms with Gasteiger partial charge in [0.25, 0.3) is 12.3 Å². The van der Waals surface area contributed by atoms with E-state index in [2.05, 4.69) is 27.2 Å². The molecule has 35 heavy (non-hydrogen) atoms. The highest BCUT2D eigenvalue weighted by Gasteiger charge is 2.61. The molecule has 2 aliphatic heterocycles. The van der Waals surface area contributed by atoms with Crippen molar-refractivity contribution in [2.75, 3.05) is 11.9 Å². The first kappa shape index (κ1) is 24.4. The van der Waals surface area contributed by atoms with Crippen molar-refractivity contribution in [3.05, 3.63) is 53.9 Å². The lowest BCUT2D eigenvalue weighted by molar-refractivity contribution is -0.192. The van der Waals surface area contributed by atoms with Crippen LogP contribution < -0.4 is 5.32 Å². The minimum absolute atomic E-state index is 0.0348. The maximum Gasteiger partial charge on any atom is 0.490 e. The van der Waals surface area contributed by atoms with Gasteiger partial charge in [-0.15, -0.1) is 0 Å². The maximum absolute atomic E-state index is 12.8. The molecule has 14 heteroatoms. The van der Waals surface area contributed by atoms with Gasteiger partial charge in [-0.2, -0.15) is 13.2 Å². The van der Waals surface area contributed by atoms with Crippen LogP contribution in [0.15, 0.2) is 36.8 Å². The average Bonchev–Trinajstić information content (AvgIpc) is 3.44. The number of alkyl halides is 5. The fraction of sp³-hybridized carbons (Fsp3) is 0.381. The average molecular weight is 499 g/mol. The first-order valence-corrected chi connectivity index (χ1v) is 10.2. The van der Waals surface area contributed by atoms with E-state index in [-0.39, 0.29) is 22.5 Å². The van der Waals surface area contributed by atoms with Crippen molar-refractivity contribution < 1.29 is 41.4 Å². The number of pyridine rings is 1. The molecule has 1 amide bonds. The number of nitrogens with zero attached hydrogens (tertiary/aromatic N) is 4. The molecule has 3 fully saturated rings. The molecule has 3 aliphatic rings. The molecule has 9 nitrogen and oxygen atoms in total. The zero-order chi connectivity index (χ0) is 25.6. The second kappa shape index (κ2) is 8.52. The predicted octanol–water partition coefficient (Wildman–Crippen LogP) is 3.77. The topological polar surface area (TPSA) is 119 Å². The predicted molar refractivity (Wildman–Crippen MR) is 109 cm³/mol. The highest BCUT2D eigenvalue weighted by Crippen LogP contribution is 2.58. The Labute approximate surface area is 194 Å². The molecule has 0 radical (unpaired) electrons. The lowest BCUT2D eigenvalue weighted by Gasteiger charge is -2.41. The number of nitrogens with one attached hydrogen (secondary N) is 1. The number of aliphatic carboxylic acids is 1. The third-order valence-electron chi connectivity index (χ3n) is 5.72. The molecule has 5 heterocycles. The van der Waals surface area contributed by atoms with Crippen LogP contribution in [0.3, 0.4) is 0 Å². The second-order valence-corrected chi connectivity index (χ2v) is 8.54. The van der Waals surface area contributed by atoms with E-state index in [1.807, 2.05) is 6.20 Å². The Morgan fingerprint density at radius 2 is 1.89 bits per heavy atom. The molecule has 3 aromatic rings. The Morgan fingerprint density at radius 1 is 1.20 bits per heavy atom. The summed E-state index contributed by atoms with van der Waals surface area (Å²) in [5.41, 5.74) is 1.01. The number of carbonyl (C=O) groups is 2. The van der Waals surface area contributed by atoms with Gasteiger partial charge in [-0.3, -0.25) is 4.79 Å². The number of ether oxygens (including phenoxy) is 1. The van der Waals surface area contributed by atoms with Crippen LogP contribution in [-0.2, 0) is 14.9 Å². The van der Waals surface area contributed by atoms with Crippen LogP contribution in [0.4, 0.5) is 27.8 Å². The number of rotatable bonds is 4. The Bertz CT molecular complexity index is 1290. The van der Waals surface area contributed by atoms with Gasteiger partial charge in [-0.1, -0.05) is 6.07 Å². The third kappa shape index (κ3) is 4.92. The largest absolute Gasteiger partial charge is 0.490 e. The molecule has 0 aromatic carbocycles. The van der Waals surface area contributed by atoms with Crippen molar-refractivity contribution in [3.8, 4) is 0 Å². The summed E-state index contributed by atoms with van der Waals surface area (Å²) in [5.74, 6) is -3.08. The van der Waals surface area contributed by atoms with Crippen LogP contribution in [0.1, 0.15) is 48.1 Å². The van der Waals surface area contributed by atoms with Gasteiger partial charge in [0.15, 0.2) is 5.65 Å². The van der Waals surface area contributed by atoms with Crippen molar-refractivity contribution in [3.63, 3.8) is 0 Å². The number of carbonyl (C=O) groups excluding carboxylic acids is 1. The van der Waals surface area contributed by atoms with E-state index < -0.39 is 30.2 Å². The molecule has 186 valence electrons. The van der Waals surface area contributed by atoms with Gasteiger partial charge < -0.3 is 19.6 Å². The standard InChI is InChI=1S/C19H17F2N5O2.C2HF3O2/c1-18-8-19(9-18,10-28-18)13-6-26-7-14(22-5-15(26)24-13)25-17(27)12-4-2-3-11(23-12)16(20)21;3-2(4,5)1(6)7/h2-7,16H,8-10H2,1H3,(H,25,27);(H,6,7). The van der Waals surface area contributed by atoms with E-state index in [4.69, 9.17) is 14.6 Å². The van der Waals surface area contributed by atoms with Crippen molar-refractivity contribution in [2.45, 2.75) is 43.4 Å². The summed E-state index contributed by atoms with van der Waals surface area (Å²) in [7, 11) is 0. The van der Waals surface area contributed by atoms with Gasteiger partial charge in [-0.05, 0) is 31.9 Å². The molecule has 2 saturated heterocycles. The highest BCUT2D eigenvalue weighted by molar-refractivity contribution is 6.02. The van der Waals surface area contributed by atoms with Gasteiger partial charge in [0.1, 0.15) is 17.2 Å². The third-order valence-corrected chi connectivity index (χ3v) is 5.72. The number of imidazole rings is 1. The number of amides is 1. The smallest absolute Gasteiger partial charge is 0.475 e. The normalized spacial score (nSPS) is 22.9. The van der Waals surface area contributed by atoms with E-state index in [0.29, 0.717) is 12.3 Å². The number of anilines is 1. The van der Waals surface area contributed by atoms with Crippen LogP contribution in [0.25, 0.3) is 5.65 Å². The second-order valence-electron chi connectivity index (χ2n) is 8.54. The maximum atomic E-state index is 12.8. The molecule has 1 aliphatic carbocycles. The number of aromatic nitrogens is 4. The monoisotopic (exact) mass is 499 g/mol. The molecule has 3 aromatic heterocycles. The van der Waals surface area contributed by atoms with Gasteiger partial charge in [0, 0.05) is 11.6 Å². The Hall–Kier alpha value is -3.68. The quantitative estimate of drug-likeness (QED) is 0.525. The molecule has 2 N–H and O–H groups in total. The number of hydrogen-bond donors (Lipinski definition) is 2. The number of carboxylic acids is 1. The van der Waals surface area contributed by atoms with Crippen LogP contribution in [0.5, 0.6) is 0 Å². The van der Waals surface area contributed by atoms with E-state index in [9.17, 15) is 26.7 Å². The Morgan fingerprint density at radius 3 is 2.46 bits per heavy atom. The Kier molecular flexibility index (Phi) is 5.95. The van der Waals surface area contributed by atoms with Gasteiger partial charge in [-0.25, -0.2) is 28.5 Å². The van der Waals surface area contributed by atoms with E-state index in [1.54, 1.807) is 16.8 Å². The number of carboxylic acid groups (broad SMARTS) is 1. The minimum atomic E-state index is -5.08. The van der Waals surface area contributed by atoms with Crippen LogP contribution in [0, 0.1) is 0 Å². The lowest BCUT2D eigenvalue weighted by Crippen LogP contribution is -2.45. The van der Waals surface area contributed by atoms with Crippen molar-refractivity contribution in [1.82, 2.24) is 19.4 Å². The fourth-order valence-electron chi connectivity index (χ4n) is 4.25. The summed E-state index contributed by atoms with van der Waals surface area (Å²) in [5, 5.41) is 9.71. The fourth-order valence-corrected chi connectivity index (χ4v) is 4.25. The SMILES string of the molecule is CC12CC(c3cn4cc(NC(=O)c5cccc(C(F)F)n5)ncc4n3)(CO1)C2.O=C(O)C(F)(F)F. The van der Waals surface area contributed by atoms with Crippen LogP contribution in [0.2, 0.25) is 0 Å². The number of hydrogen-bond acceptors (Lipinski definition) is 6. The highest BCUT2D eigenvalue weighted by atomic mass is 19.4. The summed E-state index contributed by atoms with van der Waals surface area (Å²) in [6.45, 7) is 2.77. The summed E-state index contributed by atoms with van der Waals surface area (Å²) in [4.78, 5) is 33.8. The molecule has 0 atom stereocenters. The van der Waals surface area contributed by atoms with Gasteiger partial charge in [0.2, 0.25) is 0 Å². The molecular weight excluding hydrogens is 481 g/mol. The first-order chi connectivity index (χ1) is 16.3. The molecule has 6 rings (SSSR count). The summed E-state index contributed by atoms with van der Waals surface area (Å²) in [6, 6.07) is 3.93. The van der Waals surface area contributed by atoms with E-state index >= 15 is 0 Å². The zero-order valence-corrected chi connectivity index (χ0v) is 18.0. The molecular formula is C21H18F5N5O4. The first-order valence-electron chi connectivity index (χ1n) is 10.2. The molecule has 0 spiro atoms. The van der Waals surface area contributed by atoms with E-state index in [1.165, 1.54) is 18.2 Å². The van der Waals surface area contributed by atoms with Gasteiger partial charge >= 0.3 is 12.1 Å². The zero-order valence-electron chi connectivity index (χ0n) is 18.0. The van der Waals surface area contributed by atoms with Crippen molar-refractivity contribution in [1.29, 1.82) is 0 Å². The van der Waals surface area contributed by atoms with E-state index in [0.717, 1.165) is 18.5 Å². The van der Waals surface area contributed by atoms with Crippen LogP contribution >= 0.6 is 0 Å². The van der Waals surface area contributed by atoms with Crippen LogP contribution in [-0.4, -0.2) is 54.7 Å². The minimum Gasteiger partial charge on any atom is -0.475 e. The molecule has 0 unspecified atom stereocenters. The molecule has 2 bridgehead atoms. The Balaban J connectivity index is 0.000000364.